The molecule has 1 atom stereocenters. The Hall–Kier alpha value is -2.78. The van der Waals surface area contributed by atoms with Gasteiger partial charge >= 0.3 is 0 Å². The Morgan fingerprint density at radius 1 is 1.26 bits per heavy atom. The van der Waals surface area contributed by atoms with Gasteiger partial charge in [-0.15, -0.1) is 27.8 Å². The van der Waals surface area contributed by atoms with Gasteiger partial charge in [-0.25, -0.2) is 9.50 Å². The Morgan fingerprint density at radius 2 is 2.07 bits per heavy atom. The van der Waals surface area contributed by atoms with Crippen LogP contribution < -0.4 is 11.1 Å². The molecule has 0 radical (unpaired) electrons. The largest absolute Gasteiger partial charge is 0.366 e. The zero-order chi connectivity index (χ0) is 19.1. The molecular weight excluding hydrogens is 380 g/mol. The first-order valence-corrected chi connectivity index (χ1v) is 10.1. The van der Waals surface area contributed by atoms with E-state index in [0.717, 1.165) is 21.8 Å². The van der Waals surface area contributed by atoms with Gasteiger partial charge in [0.1, 0.15) is 5.01 Å². The lowest BCUT2D eigenvalue weighted by Gasteiger charge is -2.10. The zero-order valence-electron chi connectivity index (χ0n) is 15.1. The van der Waals surface area contributed by atoms with Crippen LogP contribution in [0.5, 0.6) is 0 Å². The van der Waals surface area contributed by atoms with Crippen LogP contribution in [0.1, 0.15) is 38.2 Å². The number of rotatable bonds is 4. The van der Waals surface area contributed by atoms with Gasteiger partial charge in [0.15, 0.2) is 5.65 Å². The van der Waals surface area contributed by atoms with Crippen molar-refractivity contribution in [2.45, 2.75) is 26.8 Å². The highest BCUT2D eigenvalue weighted by molar-refractivity contribution is 7.12. The van der Waals surface area contributed by atoms with E-state index < -0.39 is 0 Å². The SMILES string of the molecule is Cc1nc(C(C)NC(=O)c2cc(-c3ccc4nc(N)nn4c3)cs2)sc1C. The van der Waals surface area contributed by atoms with Crippen molar-refractivity contribution < 1.29 is 4.79 Å². The van der Waals surface area contributed by atoms with E-state index in [-0.39, 0.29) is 17.9 Å². The third kappa shape index (κ3) is 3.43. The minimum Gasteiger partial charge on any atom is -0.366 e. The first-order chi connectivity index (χ1) is 12.9. The van der Waals surface area contributed by atoms with Crippen LogP contribution in [0.15, 0.2) is 29.8 Å². The predicted molar refractivity (Wildman–Crippen MR) is 108 cm³/mol. The van der Waals surface area contributed by atoms with Crippen LogP contribution >= 0.6 is 22.7 Å². The quantitative estimate of drug-likeness (QED) is 0.547. The van der Waals surface area contributed by atoms with Crippen LogP contribution in [-0.2, 0) is 0 Å². The van der Waals surface area contributed by atoms with Crippen LogP contribution in [0, 0.1) is 13.8 Å². The highest BCUT2D eigenvalue weighted by Crippen LogP contribution is 2.27. The number of carbonyl (C=O) groups is 1. The Balaban J connectivity index is 1.53. The molecule has 0 aliphatic carbocycles. The molecule has 0 spiro atoms. The van der Waals surface area contributed by atoms with Crippen molar-refractivity contribution in [2.24, 2.45) is 0 Å². The maximum absolute atomic E-state index is 12.6. The van der Waals surface area contributed by atoms with Gasteiger partial charge in [-0.3, -0.25) is 4.79 Å². The molecule has 0 aliphatic rings. The van der Waals surface area contributed by atoms with Crippen molar-refractivity contribution in [2.75, 3.05) is 5.73 Å². The minimum absolute atomic E-state index is 0.102. The number of nitrogens with one attached hydrogen (secondary N) is 1. The Kier molecular flexibility index (Phi) is 4.40. The molecule has 0 fully saturated rings. The predicted octanol–water partition coefficient (Wildman–Crippen LogP) is 3.60. The van der Waals surface area contributed by atoms with Gasteiger partial charge in [0.2, 0.25) is 5.95 Å². The molecule has 9 heteroatoms. The molecule has 4 aromatic rings. The maximum Gasteiger partial charge on any atom is 0.261 e. The molecule has 7 nitrogen and oxygen atoms in total. The fourth-order valence-corrected chi connectivity index (χ4v) is 4.43. The van der Waals surface area contributed by atoms with E-state index in [9.17, 15) is 4.79 Å². The number of anilines is 1. The number of aryl methyl sites for hydroxylation is 2. The average Bonchev–Trinajstić information content (AvgIpc) is 3.32. The summed E-state index contributed by atoms with van der Waals surface area (Å²) in [5, 5.41) is 10.0. The van der Waals surface area contributed by atoms with Gasteiger partial charge in [0, 0.05) is 16.6 Å². The number of nitrogens with zero attached hydrogens (tertiary/aromatic N) is 4. The molecule has 4 rings (SSSR count). The van der Waals surface area contributed by atoms with E-state index in [4.69, 9.17) is 5.73 Å². The van der Waals surface area contributed by atoms with Crippen molar-refractivity contribution in [3.63, 3.8) is 0 Å². The summed E-state index contributed by atoms with van der Waals surface area (Å²) < 4.78 is 1.64. The second kappa shape index (κ2) is 6.75. The number of hydrogen-bond acceptors (Lipinski definition) is 7. The summed E-state index contributed by atoms with van der Waals surface area (Å²) in [6.45, 7) is 5.97. The molecule has 0 aliphatic heterocycles. The second-order valence-electron chi connectivity index (χ2n) is 6.28. The van der Waals surface area contributed by atoms with Crippen molar-refractivity contribution >= 4 is 40.2 Å². The van der Waals surface area contributed by atoms with Gasteiger partial charge < -0.3 is 11.1 Å². The summed E-state index contributed by atoms with van der Waals surface area (Å²) >= 11 is 3.03. The number of thiophene rings is 1. The molecule has 1 unspecified atom stereocenters. The topological polar surface area (TPSA) is 98.2 Å². The molecule has 27 heavy (non-hydrogen) atoms. The highest BCUT2D eigenvalue weighted by atomic mass is 32.1. The number of hydrogen-bond donors (Lipinski definition) is 2. The van der Waals surface area contributed by atoms with Crippen LogP contribution in [0.25, 0.3) is 16.8 Å². The van der Waals surface area contributed by atoms with E-state index >= 15 is 0 Å². The minimum atomic E-state index is -0.130. The molecule has 138 valence electrons. The highest BCUT2D eigenvalue weighted by Gasteiger charge is 2.17. The summed E-state index contributed by atoms with van der Waals surface area (Å²) in [5.74, 6) is 0.134. The molecule has 0 saturated carbocycles. The summed E-state index contributed by atoms with van der Waals surface area (Å²) in [7, 11) is 0. The monoisotopic (exact) mass is 398 g/mol. The number of pyridine rings is 1. The number of amides is 1. The van der Waals surface area contributed by atoms with Crippen molar-refractivity contribution in [3.05, 3.63) is 50.2 Å². The molecule has 4 heterocycles. The number of aromatic nitrogens is 4. The van der Waals surface area contributed by atoms with Crippen LogP contribution in [-0.4, -0.2) is 25.5 Å². The van der Waals surface area contributed by atoms with Gasteiger partial charge in [-0.1, -0.05) is 0 Å². The maximum atomic E-state index is 12.6. The van der Waals surface area contributed by atoms with E-state index in [1.807, 2.05) is 50.5 Å². The first-order valence-electron chi connectivity index (χ1n) is 8.36. The van der Waals surface area contributed by atoms with E-state index in [0.29, 0.717) is 10.5 Å². The van der Waals surface area contributed by atoms with E-state index in [1.54, 1.807) is 15.9 Å². The van der Waals surface area contributed by atoms with Crippen LogP contribution in [0.4, 0.5) is 5.95 Å². The van der Waals surface area contributed by atoms with Gasteiger partial charge in [0.25, 0.3) is 5.91 Å². The number of fused-ring (bicyclic) bond motifs is 1. The molecule has 4 aromatic heterocycles. The lowest BCUT2D eigenvalue weighted by molar-refractivity contribution is 0.0944. The van der Waals surface area contributed by atoms with Crippen molar-refractivity contribution in [1.82, 2.24) is 24.9 Å². The number of nitrogens with two attached hydrogens (primary N) is 1. The lowest BCUT2D eigenvalue weighted by atomic mass is 10.1. The molecule has 0 bridgehead atoms. The second-order valence-corrected chi connectivity index (χ2v) is 8.43. The molecule has 1 amide bonds. The standard InChI is InChI=1S/C18H18N6OS2/c1-9-11(3)27-17(21-9)10(2)20-16(25)14-6-13(8-26-14)12-4-5-15-22-18(19)23-24(15)7-12/h4-8,10H,1-3H3,(H2,19,23)(H,20,25). The Bertz CT molecular complexity index is 1120. The fourth-order valence-electron chi connectivity index (χ4n) is 2.69. The summed E-state index contributed by atoms with van der Waals surface area (Å²) in [6.07, 6.45) is 1.85. The number of carbonyl (C=O) groups excluding carboxylic acids is 1. The zero-order valence-corrected chi connectivity index (χ0v) is 16.7. The van der Waals surface area contributed by atoms with Gasteiger partial charge in [0.05, 0.1) is 16.6 Å². The van der Waals surface area contributed by atoms with Crippen LogP contribution in [0.3, 0.4) is 0 Å². The van der Waals surface area contributed by atoms with E-state index in [1.165, 1.54) is 16.2 Å². The summed E-state index contributed by atoms with van der Waals surface area (Å²) in [6, 6.07) is 5.55. The lowest BCUT2D eigenvalue weighted by Crippen LogP contribution is -2.25. The third-order valence-corrected chi connectivity index (χ3v) is 6.45. The normalized spacial score (nSPS) is 12.4. The van der Waals surface area contributed by atoms with Crippen LogP contribution in [0.2, 0.25) is 0 Å². The Labute approximate surface area is 163 Å². The van der Waals surface area contributed by atoms with Crippen molar-refractivity contribution in [1.29, 1.82) is 0 Å². The summed E-state index contributed by atoms with van der Waals surface area (Å²) in [4.78, 5) is 23.1. The molecule has 0 saturated heterocycles. The number of nitrogen functional groups attached to an aromatic ring is 1. The average molecular weight is 399 g/mol. The first kappa shape index (κ1) is 17.6. The van der Waals surface area contributed by atoms with E-state index in [2.05, 4.69) is 20.4 Å². The number of thiazole rings is 1. The Morgan fingerprint density at radius 3 is 2.81 bits per heavy atom. The molecule has 0 aromatic carbocycles. The van der Waals surface area contributed by atoms with Gasteiger partial charge in [-0.2, -0.15) is 4.98 Å². The van der Waals surface area contributed by atoms with Crippen molar-refractivity contribution in [3.8, 4) is 11.1 Å². The smallest absolute Gasteiger partial charge is 0.261 e. The summed E-state index contributed by atoms with van der Waals surface area (Å²) in [5.41, 5.74) is 9.23. The fraction of sp³-hybridized carbons (Fsp3) is 0.222. The molecular formula is C18H18N6OS2. The molecule has 3 N–H and O–H groups in total. The van der Waals surface area contributed by atoms with Gasteiger partial charge in [-0.05, 0) is 49.9 Å². The third-order valence-electron chi connectivity index (χ3n) is 4.27.